The third kappa shape index (κ3) is 3.19. The summed E-state index contributed by atoms with van der Waals surface area (Å²) in [6.07, 6.45) is 8.07. The maximum absolute atomic E-state index is 14.0. The smallest absolute Gasteiger partial charge is 0.229 e. The maximum atomic E-state index is 14.0. The summed E-state index contributed by atoms with van der Waals surface area (Å²) < 4.78 is 29.5. The second kappa shape index (κ2) is 7.74. The largest absolute Gasteiger partial charge is 0.387 e. The molecular weight excluding hydrogens is 476 g/mol. The van der Waals surface area contributed by atoms with Gasteiger partial charge >= 0.3 is 0 Å². The molecule has 8 heteroatoms. The first-order chi connectivity index (χ1) is 16.9. The normalized spacial score (nSPS) is 34.8. The van der Waals surface area contributed by atoms with E-state index in [0.29, 0.717) is 25.9 Å². The quantitative estimate of drug-likeness (QED) is 0.612. The van der Waals surface area contributed by atoms with E-state index in [1.165, 1.54) is 16.0 Å². The van der Waals surface area contributed by atoms with Gasteiger partial charge in [-0.2, -0.15) is 0 Å². The van der Waals surface area contributed by atoms with Gasteiger partial charge in [-0.3, -0.25) is 14.5 Å². The molecule has 36 heavy (non-hydrogen) atoms. The molecule has 3 atom stereocenters. The van der Waals surface area contributed by atoms with Gasteiger partial charge in [0.05, 0.1) is 17.9 Å². The molecule has 1 spiro atoms. The molecule has 0 unspecified atom stereocenters. The Bertz CT molecular complexity index is 1250. The van der Waals surface area contributed by atoms with E-state index in [9.17, 15) is 23.1 Å². The van der Waals surface area contributed by atoms with Crippen LogP contribution in [0.1, 0.15) is 69.9 Å². The Morgan fingerprint density at radius 2 is 1.69 bits per heavy atom. The lowest BCUT2D eigenvalue weighted by molar-refractivity contribution is -0.150. The molecule has 2 bridgehead atoms. The van der Waals surface area contributed by atoms with Crippen LogP contribution in [-0.2, 0) is 25.0 Å². The van der Waals surface area contributed by atoms with E-state index in [-0.39, 0.29) is 48.3 Å². The number of fused-ring (bicyclic) bond motifs is 4. The van der Waals surface area contributed by atoms with Crippen LogP contribution in [0.25, 0.3) is 6.08 Å². The van der Waals surface area contributed by atoms with Crippen LogP contribution >= 0.6 is 0 Å². The van der Waals surface area contributed by atoms with E-state index in [0.717, 1.165) is 19.3 Å². The lowest BCUT2D eigenvalue weighted by Gasteiger charge is -2.49. The molecule has 1 N–H and O–H groups in total. The van der Waals surface area contributed by atoms with Crippen molar-refractivity contribution in [2.24, 2.45) is 16.7 Å². The molecule has 5 aliphatic rings. The van der Waals surface area contributed by atoms with Gasteiger partial charge in [0.15, 0.2) is 0 Å². The van der Waals surface area contributed by atoms with Crippen molar-refractivity contribution < 1.29 is 23.1 Å². The van der Waals surface area contributed by atoms with E-state index in [2.05, 4.69) is 38.1 Å². The summed E-state index contributed by atoms with van der Waals surface area (Å²) in [5, 5.41) is 12.1. The van der Waals surface area contributed by atoms with Gasteiger partial charge in [0, 0.05) is 36.8 Å². The zero-order chi connectivity index (χ0) is 25.6. The van der Waals surface area contributed by atoms with Crippen molar-refractivity contribution in [3.8, 4) is 0 Å². The second-order valence-corrected chi connectivity index (χ2v) is 14.3. The number of imide groups is 1. The van der Waals surface area contributed by atoms with Crippen molar-refractivity contribution in [1.29, 1.82) is 0 Å². The summed E-state index contributed by atoms with van der Waals surface area (Å²) in [6.45, 7) is 4.93. The molecule has 2 aliphatic heterocycles. The predicted octanol–water partition coefficient (Wildman–Crippen LogP) is 3.08. The number of hydrogen-bond donors (Lipinski definition) is 1. The Hall–Kier alpha value is -2.03. The molecule has 7 nitrogen and oxygen atoms in total. The monoisotopic (exact) mass is 512 g/mol. The molecule has 2 saturated heterocycles. The van der Waals surface area contributed by atoms with Crippen molar-refractivity contribution in [1.82, 2.24) is 9.21 Å². The van der Waals surface area contributed by atoms with Crippen LogP contribution in [0.15, 0.2) is 30.3 Å². The fraction of sp³-hybridized carbons (Fsp3) is 0.643. The SMILES string of the molecule is CC1(C)[C@@H]2CC[C@@]1(CS(=O)(=O)N1CCC3(C=Cc4ccccc43)CC1)[C@@](O)(CN1C(=O)CCC1=O)C2. The molecule has 4 fully saturated rings. The Morgan fingerprint density at radius 3 is 2.36 bits per heavy atom. The molecule has 2 amide bonds. The summed E-state index contributed by atoms with van der Waals surface area (Å²) in [4.78, 5) is 26.0. The van der Waals surface area contributed by atoms with E-state index in [4.69, 9.17) is 0 Å². The maximum Gasteiger partial charge on any atom is 0.229 e. The number of benzene rings is 1. The Balaban J connectivity index is 1.25. The summed E-state index contributed by atoms with van der Waals surface area (Å²) in [5.41, 5.74) is -0.318. The number of β-amino-alcohol motifs (C(OH)–C–C–N with tert-alkyl or cyclic N) is 1. The minimum atomic E-state index is -3.68. The number of rotatable bonds is 5. The molecule has 1 aromatic rings. The molecule has 0 radical (unpaired) electrons. The molecule has 194 valence electrons. The van der Waals surface area contributed by atoms with E-state index < -0.39 is 26.5 Å². The number of aliphatic hydroxyl groups is 1. The number of carbonyl (C=O) groups is 2. The van der Waals surface area contributed by atoms with Gasteiger partial charge in [-0.05, 0) is 54.6 Å². The second-order valence-electron chi connectivity index (χ2n) is 12.4. The van der Waals surface area contributed by atoms with Gasteiger partial charge in [0.25, 0.3) is 0 Å². The molecule has 2 saturated carbocycles. The fourth-order valence-electron chi connectivity index (χ4n) is 8.39. The van der Waals surface area contributed by atoms with Gasteiger partial charge in [-0.15, -0.1) is 0 Å². The van der Waals surface area contributed by atoms with Crippen molar-refractivity contribution in [2.75, 3.05) is 25.4 Å². The Morgan fingerprint density at radius 1 is 1.03 bits per heavy atom. The van der Waals surface area contributed by atoms with Crippen molar-refractivity contribution >= 4 is 27.9 Å². The zero-order valence-corrected chi connectivity index (χ0v) is 22.0. The predicted molar refractivity (Wildman–Crippen MR) is 136 cm³/mol. The molecule has 3 aliphatic carbocycles. The van der Waals surface area contributed by atoms with E-state index in [1.807, 2.05) is 12.1 Å². The van der Waals surface area contributed by atoms with Gasteiger partial charge < -0.3 is 5.11 Å². The van der Waals surface area contributed by atoms with E-state index >= 15 is 0 Å². The van der Waals surface area contributed by atoms with Gasteiger partial charge in [0.2, 0.25) is 21.8 Å². The number of carbonyl (C=O) groups excluding carboxylic acids is 2. The minimum absolute atomic E-state index is 0.0925. The van der Waals surface area contributed by atoms with Gasteiger partial charge in [-0.1, -0.05) is 50.3 Å². The molecule has 6 rings (SSSR count). The molecule has 1 aromatic carbocycles. The number of amides is 2. The highest BCUT2D eigenvalue weighted by Gasteiger charge is 2.72. The number of nitrogens with zero attached hydrogens (tertiary/aromatic N) is 2. The Kier molecular flexibility index (Phi) is 5.23. The first-order valence-electron chi connectivity index (χ1n) is 13.3. The summed E-state index contributed by atoms with van der Waals surface area (Å²) in [7, 11) is -3.68. The van der Waals surface area contributed by atoms with E-state index in [1.54, 1.807) is 4.31 Å². The number of likely N-dealkylation sites (tertiary alicyclic amines) is 1. The summed E-state index contributed by atoms with van der Waals surface area (Å²) in [6, 6.07) is 8.34. The summed E-state index contributed by atoms with van der Waals surface area (Å²) in [5.74, 6) is -0.512. The minimum Gasteiger partial charge on any atom is -0.387 e. The Labute approximate surface area is 213 Å². The highest BCUT2D eigenvalue weighted by Crippen LogP contribution is 2.70. The van der Waals surface area contributed by atoms with Gasteiger partial charge in [-0.25, -0.2) is 12.7 Å². The third-order valence-electron chi connectivity index (χ3n) is 10.7. The topological polar surface area (TPSA) is 95.0 Å². The van der Waals surface area contributed by atoms with Crippen LogP contribution in [-0.4, -0.2) is 65.5 Å². The number of hydrogen-bond acceptors (Lipinski definition) is 5. The average Bonchev–Trinajstić information content (AvgIpc) is 3.47. The molecule has 2 heterocycles. The number of allylic oxidation sites excluding steroid dienone is 1. The van der Waals surface area contributed by atoms with Crippen LogP contribution in [0, 0.1) is 16.7 Å². The van der Waals surface area contributed by atoms with Crippen molar-refractivity contribution in [3.05, 3.63) is 41.5 Å². The number of sulfonamides is 1. The van der Waals surface area contributed by atoms with Crippen molar-refractivity contribution in [3.63, 3.8) is 0 Å². The van der Waals surface area contributed by atoms with Crippen molar-refractivity contribution in [2.45, 2.75) is 69.8 Å². The van der Waals surface area contributed by atoms with Crippen LogP contribution in [0.4, 0.5) is 0 Å². The zero-order valence-electron chi connectivity index (χ0n) is 21.2. The van der Waals surface area contributed by atoms with Crippen LogP contribution in [0.2, 0.25) is 0 Å². The van der Waals surface area contributed by atoms with Gasteiger partial charge in [0.1, 0.15) is 0 Å². The molecule has 0 aromatic heterocycles. The number of piperidine rings is 1. The summed E-state index contributed by atoms with van der Waals surface area (Å²) >= 11 is 0. The first-order valence-corrected chi connectivity index (χ1v) is 14.9. The highest BCUT2D eigenvalue weighted by atomic mass is 32.2. The fourth-order valence-corrected chi connectivity index (χ4v) is 10.7. The van der Waals surface area contributed by atoms with Crippen LogP contribution < -0.4 is 0 Å². The third-order valence-corrected chi connectivity index (χ3v) is 12.7. The van der Waals surface area contributed by atoms with Crippen LogP contribution in [0.5, 0.6) is 0 Å². The lowest BCUT2D eigenvalue weighted by Crippen LogP contribution is -2.60. The first kappa shape index (κ1) is 24.3. The lowest BCUT2D eigenvalue weighted by atomic mass is 9.64. The molecular formula is C28H36N2O5S. The average molecular weight is 513 g/mol. The van der Waals surface area contributed by atoms with Crippen LogP contribution in [0.3, 0.4) is 0 Å². The highest BCUT2D eigenvalue weighted by molar-refractivity contribution is 7.89. The standard InChI is InChI=1S/C28H36N2O5S/c1-25(2)21-10-12-27(25,28(33,17-21)18-30-23(31)7-8-24(30)32)19-36(34,35)29-15-13-26(14-16-29)11-9-20-5-3-4-6-22(20)26/h3-6,9,11,21,33H,7-8,10,12-19H2,1-2H3/t21-,27+,28+/m1/s1.